The Bertz CT molecular complexity index is 620. The predicted octanol–water partition coefficient (Wildman–Crippen LogP) is 1.72. The highest BCUT2D eigenvalue weighted by Crippen LogP contribution is 2.20. The monoisotopic (exact) mass is 284 g/mol. The molecule has 1 aromatic heterocycles. The first kappa shape index (κ1) is 13.7. The third-order valence-electron chi connectivity index (χ3n) is 3.67. The van der Waals surface area contributed by atoms with Crippen molar-refractivity contribution in [2.75, 3.05) is 18.0 Å². The van der Waals surface area contributed by atoms with Gasteiger partial charge in [0, 0.05) is 25.7 Å². The summed E-state index contributed by atoms with van der Waals surface area (Å²) in [6.45, 7) is 4.79. The lowest BCUT2D eigenvalue weighted by Gasteiger charge is -2.28. The van der Waals surface area contributed by atoms with E-state index in [0.717, 1.165) is 36.6 Å². The summed E-state index contributed by atoms with van der Waals surface area (Å²) < 4.78 is 1.99. The number of hydrogen-bond donors (Lipinski definition) is 1. The van der Waals surface area contributed by atoms with E-state index in [1.54, 1.807) is 0 Å². The standard InChI is InChI=1S/C16H20N4O/c1-13-10-16-19(8-5-9-20(16)18-13)12-15(21)17-11-14-6-3-2-4-7-14/h2-4,6-7,10H,5,8-9,11-12H2,1H3,(H,17,21). The van der Waals surface area contributed by atoms with Crippen LogP contribution in [-0.4, -0.2) is 28.8 Å². The number of hydrogen-bond acceptors (Lipinski definition) is 3. The molecule has 1 N–H and O–H groups in total. The van der Waals surface area contributed by atoms with E-state index in [4.69, 9.17) is 0 Å². The summed E-state index contributed by atoms with van der Waals surface area (Å²) in [5.74, 6) is 1.10. The highest BCUT2D eigenvalue weighted by molar-refractivity contribution is 5.81. The molecular formula is C16H20N4O. The van der Waals surface area contributed by atoms with Crippen LogP contribution in [0.2, 0.25) is 0 Å². The summed E-state index contributed by atoms with van der Waals surface area (Å²) in [6, 6.07) is 12.0. The van der Waals surface area contributed by atoms with Crippen LogP contribution in [-0.2, 0) is 17.9 Å². The number of nitrogens with one attached hydrogen (secondary N) is 1. The lowest BCUT2D eigenvalue weighted by atomic mass is 10.2. The molecule has 0 spiro atoms. The number of benzene rings is 1. The van der Waals surface area contributed by atoms with Crippen molar-refractivity contribution in [1.29, 1.82) is 0 Å². The van der Waals surface area contributed by atoms with Crippen LogP contribution in [0.25, 0.3) is 0 Å². The van der Waals surface area contributed by atoms with Crippen LogP contribution in [0.1, 0.15) is 17.7 Å². The smallest absolute Gasteiger partial charge is 0.239 e. The molecule has 0 bridgehead atoms. The fourth-order valence-corrected chi connectivity index (χ4v) is 2.66. The van der Waals surface area contributed by atoms with Gasteiger partial charge in [-0.3, -0.25) is 4.79 Å². The molecule has 1 aromatic carbocycles. The molecule has 0 fully saturated rings. The summed E-state index contributed by atoms with van der Waals surface area (Å²) in [7, 11) is 0. The van der Waals surface area contributed by atoms with Crippen molar-refractivity contribution in [3.63, 3.8) is 0 Å². The van der Waals surface area contributed by atoms with Gasteiger partial charge in [0.1, 0.15) is 5.82 Å². The lowest BCUT2D eigenvalue weighted by Crippen LogP contribution is -2.40. The molecule has 0 saturated carbocycles. The Balaban J connectivity index is 1.58. The van der Waals surface area contributed by atoms with Crippen LogP contribution in [0.3, 0.4) is 0 Å². The molecule has 0 radical (unpaired) electrons. The zero-order chi connectivity index (χ0) is 14.7. The van der Waals surface area contributed by atoms with Gasteiger partial charge in [-0.05, 0) is 18.9 Å². The van der Waals surface area contributed by atoms with E-state index in [0.29, 0.717) is 13.1 Å². The minimum atomic E-state index is 0.0474. The van der Waals surface area contributed by atoms with E-state index in [1.165, 1.54) is 0 Å². The van der Waals surface area contributed by atoms with Gasteiger partial charge in [0.05, 0.1) is 12.2 Å². The van der Waals surface area contributed by atoms with Crippen LogP contribution < -0.4 is 10.2 Å². The zero-order valence-electron chi connectivity index (χ0n) is 12.2. The molecular weight excluding hydrogens is 264 g/mol. The second-order valence-corrected chi connectivity index (χ2v) is 5.40. The summed E-state index contributed by atoms with van der Waals surface area (Å²) in [6.07, 6.45) is 1.03. The Morgan fingerprint density at radius 2 is 2.10 bits per heavy atom. The number of anilines is 1. The van der Waals surface area contributed by atoms with Gasteiger partial charge in [-0.2, -0.15) is 5.10 Å². The van der Waals surface area contributed by atoms with Gasteiger partial charge >= 0.3 is 0 Å². The summed E-state index contributed by atoms with van der Waals surface area (Å²) >= 11 is 0. The van der Waals surface area contributed by atoms with Gasteiger partial charge in [-0.1, -0.05) is 30.3 Å². The summed E-state index contributed by atoms with van der Waals surface area (Å²) in [5.41, 5.74) is 2.12. The molecule has 2 aromatic rings. The Morgan fingerprint density at radius 1 is 1.29 bits per heavy atom. The van der Waals surface area contributed by atoms with E-state index in [9.17, 15) is 4.79 Å². The Kier molecular flexibility index (Phi) is 3.90. The fourth-order valence-electron chi connectivity index (χ4n) is 2.66. The highest BCUT2D eigenvalue weighted by atomic mass is 16.2. The van der Waals surface area contributed by atoms with Crippen LogP contribution in [0.5, 0.6) is 0 Å². The van der Waals surface area contributed by atoms with E-state index in [-0.39, 0.29) is 5.91 Å². The number of carbonyl (C=O) groups excluding carboxylic acids is 1. The van der Waals surface area contributed by atoms with Gasteiger partial charge in [0.2, 0.25) is 5.91 Å². The molecule has 0 unspecified atom stereocenters. The van der Waals surface area contributed by atoms with Crippen LogP contribution in [0.15, 0.2) is 36.4 Å². The van der Waals surface area contributed by atoms with Crippen molar-refractivity contribution in [3.05, 3.63) is 47.7 Å². The molecule has 1 aliphatic rings. The van der Waals surface area contributed by atoms with Crippen molar-refractivity contribution in [1.82, 2.24) is 15.1 Å². The first-order chi connectivity index (χ1) is 10.2. The van der Waals surface area contributed by atoms with E-state index < -0.39 is 0 Å². The maximum atomic E-state index is 12.1. The average Bonchev–Trinajstić information content (AvgIpc) is 2.88. The van der Waals surface area contributed by atoms with E-state index in [1.807, 2.05) is 48.0 Å². The molecule has 21 heavy (non-hydrogen) atoms. The number of amides is 1. The summed E-state index contributed by atoms with van der Waals surface area (Å²) in [5, 5.41) is 7.42. The third-order valence-corrected chi connectivity index (χ3v) is 3.67. The number of aryl methyl sites for hydroxylation is 2. The van der Waals surface area contributed by atoms with Crippen molar-refractivity contribution in [2.45, 2.75) is 26.4 Å². The van der Waals surface area contributed by atoms with Gasteiger partial charge in [0.25, 0.3) is 0 Å². The molecule has 5 heteroatoms. The quantitative estimate of drug-likeness (QED) is 0.930. The first-order valence-corrected chi connectivity index (χ1v) is 7.32. The second kappa shape index (κ2) is 5.99. The molecule has 5 nitrogen and oxygen atoms in total. The van der Waals surface area contributed by atoms with E-state index in [2.05, 4.69) is 15.3 Å². The summed E-state index contributed by atoms with van der Waals surface area (Å²) in [4.78, 5) is 14.2. The fraction of sp³-hybridized carbons (Fsp3) is 0.375. The van der Waals surface area contributed by atoms with Crippen molar-refractivity contribution in [3.8, 4) is 0 Å². The van der Waals surface area contributed by atoms with Gasteiger partial charge in [-0.15, -0.1) is 0 Å². The molecule has 0 aliphatic carbocycles. The van der Waals surface area contributed by atoms with E-state index >= 15 is 0 Å². The minimum Gasteiger partial charge on any atom is -0.350 e. The van der Waals surface area contributed by atoms with Gasteiger partial charge < -0.3 is 10.2 Å². The third kappa shape index (κ3) is 3.24. The minimum absolute atomic E-state index is 0.0474. The number of fused-ring (bicyclic) bond motifs is 1. The number of aromatic nitrogens is 2. The largest absolute Gasteiger partial charge is 0.350 e. The number of carbonyl (C=O) groups is 1. The topological polar surface area (TPSA) is 50.2 Å². The molecule has 2 heterocycles. The molecule has 3 rings (SSSR count). The van der Waals surface area contributed by atoms with Crippen molar-refractivity contribution >= 4 is 11.7 Å². The second-order valence-electron chi connectivity index (χ2n) is 5.40. The van der Waals surface area contributed by atoms with Crippen LogP contribution >= 0.6 is 0 Å². The van der Waals surface area contributed by atoms with Crippen LogP contribution in [0, 0.1) is 6.92 Å². The van der Waals surface area contributed by atoms with Crippen molar-refractivity contribution in [2.24, 2.45) is 0 Å². The average molecular weight is 284 g/mol. The Hall–Kier alpha value is -2.30. The number of rotatable bonds is 4. The molecule has 1 aliphatic heterocycles. The normalized spacial score (nSPS) is 13.9. The maximum absolute atomic E-state index is 12.1. The Labute approximate surface area is 124 Å². The SMILES string of the molecule is Cc1cc2n(n1)CCCN2CC(=O)NCc1ccccc1. The van der Waals surface area contributed by atoms with Crippen molar-refractivity contribution < 1.29 is 4.79 Å². The number of nitrogens with zero attached hydrogens (tertiary/aromatic N) is 3. The predicted molar refractivity (Wildman–Crippen MR) is 82.1 cm³/mol. The van der Waals surface area contributed by atoms with Crippen LogP contribution in [0.4, 0.5) is 5.82 Å². The zero-order valence-corrected chi connectivity index (χ0v) is 12.2. The molecule has 0 saturated heterocycles. The lowest BCUT2D eigenvalue weighted by molar-refractivity contribution is -0.120. The molecule has 0 atom stereocenters. The molecule has 110 valence electrons. The molecule has 1 amide bonds. The van der Waals surface area contributed by atoms with Gasteiger partial charge in [-0.25, -0.2) is 4.68 Å². The maximum Gasteiger partial charge on any atom is 0.239 e. The van der Waals surface area contributed by atoms with Gasteiger partial charge in [0.15, 0.2) is 0 Å². The highest BCUT2D eigenvalue weighted by Gasteiger charge is 2.20. The first-order valence-electron chi connectivity index (χ1n) is 7.32. The Morgan fingerprint density at radius 3 is 2.90 bits per heavy atom.